The van der Waals surface area contributed by atoms with Crippen molar-refractivity contribution in [2.45, 2.75) is 76.7 Å². The summed E-state index contributed by atoms with van der Waals surface area (Å²) in [5, 5.41) is 0. The van der Waals surface area contributed by atoms with Crippen LogP contribution >= 0.6 is 0 Å². The SMILES string of the molecule is C=C1C[C@H](C2CCCCC2)OC[C@@H]1C1CCCCC1. The van der Waals surface area contributed by atoms with Crippen LogP contribution in [-0.4, -0.2) is 12.7 Å². The van der Waals surface area contributed by atoms with Crippen LogP contribution in [-0.2, 0) is 4.74 Å². The zero-order valence-electron chi connectivity index (χ0n) is 12.4. The van der Waals surface area contributed by atoms with Gasteiger partial charge >= 0.3 is 0 Å². The van der Waals surface area contributed by atoms with Gasteiger partial charge < -0.3 is 4.74 Å². The summed E-state index contributed by atoms with van der Waals surface area (Å²) >= 11 is 0. The average Bonchev–Trinajstić information content (AvgIpc) is 2.49. The van der Waals surface area contributed by atoms with Crippen LogP contribution in [0.15, 0.2) is 12.2 Å². The summed E-state index contributed by atoms with van der Waals surface area (Å²) < 4.78 is 6.29. The number of hydrogen-bond donors (Lipinski definition) is 0. The lowest BCUT2D eigenvalue weighted by atomic mass is 9.73. The molecule has 2 atom stereocenters. The van der Waals surface area contributed by atoms with E-state index in [1.165, 1.54) is 69.8 Å². The molecule has 1 nitrogen and oxygen atoms in total. The summed E-state index contributed by atoms with van der Waals surface area (Å²) in [6, 6.07) is 0. The Morgan fingerprint density at radius 2 is 1.37 bits per heavy atom. The molecule has 0 spiro atoms. The molecule has 19 heavy (non-hydrogen) atoms. The van der Waals surface area contributed by atoms with Crippen molar-refractivity contribution in [3.8, 4) is 0 Å². The zero-order chi connectivity index (χ0) is 13.1. The van der Waals surface area contributed by atoms with Crippen molar-refractivity contribution in [1.29, 1.82) is 0 Å². The Morgan fingerprint density at radius 1 is 0.789 bits per heavy atom. The van der Waals surface area contributed by atoms with E-state index in [4.69, 9.17) is 4.74 Å². The van der Waals surface area contributed by atoms with Crippen molar-refractivity contribution in [2.24, 2.45) is 17.8 Å². The quantitative estimate of drug-likeness (QED) is 0.628. The van der Waals surface area contributed by atoms with Crippen molar-refractivity contribution in [1.82, 2.24) is 0 Å². The fraction of sp³-hybridized carbons (Fsp3) is 0.889. The molecule has 1 aliphatic heterocycles. The van der Waals surface area contributed by atoms with E-state index in [0.29, 0.717) is 12.0 Å². The highest BCUT2D eigenvalue weighted by atomic mass is 16.5. The molecule has 3 fully saturated rings. The molecule has 2 saturated carbocycles. The Bertz CT molecular complexity index is 297. The maximum Gasteiger partial charge on any atom is 0.0640 e. The van der Waals surface area contributed by atoms with Crippen molar-refractivity contribution < 1.29 is 4.74 Å². The molecular weight excluding hydrogens is 232 g/mol. The van der Waals surface area contributed by atoms with Crippen LogP contribution in [0.2, 0.25) is 0 Å². The average molecular weight is 262 g/mol. The first-order valence-electron chi connectivity index (χ1n) is 8.64. The topological polar surface area (TPSA) is 9.23 Å². The van der Waals surface area contributed by atoms with Crippen molar-refractivity contribution in [2.75, 3.05) is 6.61 Å². The molecule has 0 aromatic heterocycles. The van der Waals surface area contributed by atoms with Gasteiger partial charge in [-0.25, -0.2) is 0 Å². The smallest absolute Gasteiger partial charge is 0.0640 e. The Kier molecular flexibility index (Phi) is 4.63. The molecule has 2 aliphatic carbocycles. The highest BCUT2D eigenvalue weighted by Crippen LogP contribution is 2.41. The second kappa shape index (κ2) is 6.43. The lowest BCUT2D eigenvalue weighted by Crippen LogP contribution is -2.37. The number of ether oxygens (including phenoxy) is 1. The van der Waals surface area contributed by atoms with Gasteiger partial charge in [0.25, 0.3) is 0 Å². The molecule has 108 valence electrons. The molecule has 1 heterocycles. The molecule has 0 aromatic carbocycles. The summed E-state index contributed by atoms with van der Waals surface area (Å²) in [5.41, 5.74) is 1.52. The molecule has 0 bridgehead atoms. The van der Waals surface area contributed by atoms with Gasteiger partial charge in [-0.3, -0.25) is 0 Å². The summed E-state index contributed by atoms with van der Waals surface area (Å²) in [7, 11) is 0. The van der Waals surface area contributed by atoms with Gasteiger partial charge in [-0.1, -0.05) is 50.7 Å². The third-order valence-corrected chi connectivity index (χ3v) is 5.87. The molecule has 0 unspecified atom stereocenters. The minimum absolute atomic E-state index is 0.507. The van der Waals surface area contributed by atoms with Gasteiger partial charge in [0.2, 0.25) is 0 Å². The zero-order valence-corrected chi connectivity index (χ0v) is 12.4. The first-order valence-corrected chi connectivity index (χ1v) is 8.64. The summed E-state index contributed by atoms with van der Waals surface area (Å²) in [5.74, 6) is 2.39. The molecule has 1 heteroatoms. The second-order valence-corrected chi connectivity index (χ2v) is 7.14. The van der Waals surface area contributed by atoms with Crippen LogP contribution in [0.25, 0.3) is 0 Å². The van der Waals surface area contributed by atoms with Gasteiger partial charge in [-0.15, -0.1) is 0 Å². The number of rotatable bonds is 2. The molecular formula is C18H30O. The molecule has 0 amide bonds. The molecule has 0 radical (unpaired) electrons. The number of hydrogen-bond acceptors (Lipinski definition) is 1. The van der Waals surface area contributed by atoms with E-state index in [0.717, 1.165) is 24.9 Å². The van der Waals surface area contributed by atoms with E-state index in [9.17, 15) is 0 Å². The highest BCUT2D eigenvalue weighted by Gasteiger charge is 2.34. The first-order chi connectivity index (χ1) is 9.34. The van der Waals surface area contributed by atoms with E-state index >= 15 is 0 Å². The fourth-order valence-electron chi connectivity index (χ4n) is 4.63. The standard InChI is InChI=1S/C18H30O/c1-14-12-18(16-10-6-3-7-11-16)19-13-17(14)15-8-4-2-5-9-15/h15-18H,1-13H2/t17-,18+/m0/s1. The van der Waals surface area contributed by atoms with Crippen molar-refractivity contribution >= 4 is 0 Å². The molecule has 3 aliphatic rings. The predicted molar refractivity (Wildman–Crippen MR) is 80.1 cm³/mol. The molecule has 1 saturated heterocycles. The van der Waals surface area contributed by atoms with Crippen LogP contribution < -0.4 is 0 Å². The largest absolute Gasteiger partial charge is 0.377 e. The Labute approximate surface area is 118 Å². The van der Waals surface area contributed by atoms with Crippen molar-refractivity contribution in [3.63, 3.8) is 0 Å². The van der Waals surface area contributed by atoms with Crippen LogP contribution in [0.3, 0.4) is 0 Å². The van der Waals surface area contributed by atoms with E-state index in [1.807, 2.05) is 0 Å². The summed E-state index contributed by atoms with van der Waals surface area (Å²) in [6.45, 7) is 5.41. The first kappa shape index (κ1) is 13.7. The van der Waals surface area contributed by atoms with Gasteiger partial charge in [0.1, 0.15) is 0 Å². The van der Waals surface area contributed by atoms with Gasteiger partial charge in [0, 0.05) is 5.92 Å². The molecule has 0 N–H and O–H groups in total. The maximum atomic E-state index is 6.29. The van der Waals surface area contributed by atoms with Crippen LogP contribution in [0, 0.1) is 17.8 Å². The summed E-state index contributed by atoms with van der Waals surface area (Å²) in [6.07, 6.45) is 15.9. The van der Waals surface area contributed by atoms with E-state index in [2.05, 4.69) is 6.58 Å². The minimum Gasteiger partial charge on any atom is -0.377 e. The summed E-state index contributed by atoms with van der Waals surface area (Å²) in [4.78, 5) is 0. The van der Waals surface area contributed by atoms with Crippen LogP contribution in [0.5, 0.6) is 0 Å². The normalized spacial score (nSPS) is 35.5. The lowest BCUT2D eigenvalue weighted by Gasteiger charge is -2.41. The third kappa shape index (κ3) is 3.24. The van der Waals surface area contributed by atoms with Gasteiger partial charge in [0.05, 0.1) is 12.7 Å². The van der Waals surface area contributed by atoms with Crippen molar-refractivity contribution in [3.05, 3.63) is 12.2 Å². The Hall–Kier alpha value is -0.300. The Morgan fingerprint density at radius 3 is 1.95 bits per heavy atom. The van der Waals surface area contributed by atoms with Gasteiger partial charge in [-0.2, -0.15) is 0 Å². The predicted octanol–water partition coefficient (Wildman–Crippen LogP) is 5.11. The van der Waals surface area contributed by atoms with E-state index < -0.39 is 0 Å². The van der Waals surface area contributed by atoms with E-state index in [-0.39, 0.29) is 0 Å². The monoisotopic (exact) mass is 262 g/mol. The molecule has 0 aromatic rings. The highest BCUT2D eigenvalue weighted by molar-refractivity contribution is 5.08. The van der Waals surface area contributed by atoms with Crippen LogP contribution in [0.1, 0.15) is 70.6 Å². The maximum absolute atomic E-state index is 6.29. The van der Waals surface area contributed by atoms with E-state index in [1.54, 1.807) is 0 Å². The van der Waals surface area contributed by atoms with Gasteiger partial charge in [-0.05, 0) is 43.9 Å². The molecule has 3 rings (SSSR count). The minimum atomic E-state index is 0.507. The Balaban J connectivity index is 1.54. The van der Waals surface area contributed by atoms with Crippen LogP contribution in [0.4, 0.5) is 0 Å². The van der Waals surface area contributed by atoms with Gasteiger partial charge in [0.15, 0.2) is 0 Å². The third-order valence-electron chi connectivity index (χ3n) is 5.87. The lowest BCUT2D eigenvalue weighted by molar-refractivity contribution is -0.0463. The second-order valence-electron chi connectivity index (χ2n) is 7.14. The fourth-order valence-corrected chi connectivity index (χ4v) is 4.63.